The second-order valence-electron chi connectivity index (χ2n) is 7.35. The number of carbonyl (C=O) groups excluding carboxylic acids is 1. The van der Waals surface area contributed by atoms with Crippen LogP contribution in [-0.4, -0.2) is 35.3 Å². The van der Waals surface area contributed by atoms with Gasteiger partial charge in [-0.3, -0.25) is 14.9 Å². The van der Waals surface area contributed by atoms with Crippen molar-refractivity contribution in [2.75, 3.05) is 13.7 Å². The summed E-state index contributed by atoms with van der Waals surface area (Å²) in [5.41, 5.74) is 5.57. The predicted molar refractivity (Wildman–Crippen MR) is 126 cm³/mol. The molecule has 0 aliphatic carbocycles. The number of methoxy groups -OCH3 is 1. The van der Waals surface area contributed by atoms with E-state index >= 15 is 0 Å². The standard InChI is InChI=1S/C24H26N4O5/c1-5-12-33-20-8-6-18(7-9-20)24(29)26-25-15-19-13-16(2)27(17(19)3)22-11-10-21(32-4)14-23(22)28(30)31/h6-11,13-15H,5,12H2,1-4H3,(H,26,29)/b25-15+. The fourth-order valence-electron chi connectivity index (χ4n) is 3.40. The van der Waals surface area contributed by atoms with E-state index in [9.17, 15) is 14.9 Å². The molecule has 3 aromatic rings. The Bertz CT molecular complexity index is 1180. The van der Waals surface area contributed by atoms with Crippen LogP contribution in [0.5, 0.6) is 11.5 Å². The Balaban J connectivity index is 1.78. The second-order valence-corrected chi connectivity index (χ2v) is 7.35. The number of nitro benzene ring substituents is 1. The molecule has 0 aliphatic heterocycles. The van der Waals surface area contributed by atoms with Crippen LogP contribution in [0.3, 0.4) is 0 Å². The molecule has 0 fully saturated rings. The summed E-state index contributed by atoms with van der Waals surface area (Å²) in [4.78, 5) is 23.5. The third kappa shape index (κ3) is 5.38. The summed E-state index contributed by atoms with van der Waals surface area (Å²) >= 11 is 0. The Morgan fingerprint density at radius 3 is 2.48 bits per heavy atom. The van der Waals surface area contributed by atoms with E-state index in [2.05, 4.69) is 10.5 Å². The first kappa shape index (κ1) is 23.5. The van der Waals surface area contributed by atoms with Crippen LogP contribution in [0.1, 0.15) is 40.7 Å². The van der Waals surface area contributed by atoms with E-state index in [-0.39, 0.29) is 11.6 Å². The summed E-state index contributed by atoms with van der Waals surface area (Å²) in [5, 5.41) is 15.7. The number of ether oxygens (including phenoxy) is 2. The summed E-state index contributed by atoms with van der Waals surface area (Å²) in [5.74, 6) is 0.757. The van der Waals surface area contributed by atoms with Crippen molar-refractivity contribution in [2.45, 2.75) is 27.2 Å². The normalized spacial score (nSPS) is 10.9. The van der Waals surface area contributed by atoms with Crippen molar-refractivity contribution < 1.29 is 19.2 Å². The molecule has 0 spiro atoms. The minimum absolute atomic E-state index is 0.0701. The highest BCUT2D eigenvalue weighted by Crippen LogP contribution is 2.31. The molecule has 0 saturated heterocycles. The predicted octanol–water partition coefficient (Wildman–Crippen LogP) is 4.56. The minimum Gasteiger partial charge on any atom is -0.496 e. The molecule has 9 heteroatoms. The summed E-state index contributed by atoms with van der Waals surface area (Å²) in [6.45, 7) is 6.32. The molecule has 9 nitrogen and oxygen atoms in total. The van der Waals surface area contributed by atoms with E-state index in [0.717, 1.165) is 23.4 Å². The number of nitro groups is 1. The van der Waals surface area contributed by atoms with Gasteiger partial charge >= 0.3 is 0 Å². The fourth-order valence-corrected chi connectivity index (χ4v) is 3.40. The summed E-state index contributed by atoms with van der Waals surface area (Å²) in [6, 6.07) is 13.4. The lowest BCUT2D eigenvalue weighted by Gasteiger charge is -2.11. The van der Waals surface area contributed by atoms with Crippen LogP contribution in [0.4, 0.5) is 5.69 Å². The molecule has 172 valence electrons. The van der Waals surface area contributed by atoms with E-state index in [1.54, 1.807) is 41.0 Å². The van der Waals surface area contributed by atoms with Gasteiger partial charge in [0.15, 0.2) is 0 Å². The van der Waals surface area contributed by atoms with Gasteiger partial charge in [0, 0.05) is 22.5 Å². The molecule has 0 unspecified atom stereocenters. The Morgan fingerprint density at radius 1 is 1.15 bits per heavy atom. The maximum absolute atomic E-state index is 12.4. The number of aromatic nitrogens is 1. The molecule has 0 radical (unpaired) electrons. The van der Waals surface area contributed by atoms with E-state index in [4.69, 9.17) is 9.47 Å². The molecule has 0 saturated carbocycles. The van der Waals surface area contributed by atoms with Crippen LogP contribution in [0.15, 0.2) is 53.6 Å². The average molecular weight is 450 g/mol. The summed E-state index contributed by atoms with van der Waals surface area (Å²) in [7, 11) is 1.46. The number of nitrogens with zero attached hydrogens (tertiary/aromatic N) is 3. The molecular weight excluding hydrogens is 424 g/mol. The Labute approximate surface area is 191 Å². The first-order chi connectivity index (χ1) is 15.8. The zero-order valence-electron chi connectivity index (χ0n) is 19.0. The zero-order valence-corrected chi connectivity index (χ0v) is 19.0. The zero-order chi connectivity index (χ0) is 24.0. The van der Waals surface area contributed by atoms with Gasteiger partial charge in [-0.25, -0.2) is 5.43 Å². The first-order valence-electron chi connectivity index (χ1n) is 10.4. The SMILES string of the molecule is CCCOc1ccc(C(=O)N/N=C/c2cc(C)n(-c3ccc(OC)cc3[N+](=O)[O-])c2C)cc1. The topological polar surface area (TPSA) is 108 Å². The third-order valence-corrected chi connectivity index (χ3v) is 5.05. The first-order valence-corrected chi connectivity index (χ1v) is 10.4. The van der Waals surface area contributed by atoms with Crippen LogP contribution in [-0.2, 0) is 0 Å². The van der Waals surface area contributed by atoms with Crippen LogP contribution >= 0.6 is 0 Å². The van der Waals surface area contributed by atoms with Gasteiger partial charge in [0.25, 0.3) is 11.6 Å². The van der Waals surface area contributed by atoms with Crippen LogP contribution in [0, 0.1) is 24.0 Å². The molecule has 0 aliphatic rings. The Hall–Kier alpha value is -4.14. The monoisotopic (exact) mass is 450 g/mol. The van der Waals surface area contributed by atoms with Crippen molar-refractivity contribution in [3.63, 3.8) is 0 Å². The van der Waals surface area contributed by atoms with Crippen molar-refractivity contribution in [3.05, 3.63) is 81.2 Å². The fraction of sp³-hybridized carbons (Fsp3) is 0.250. The summed E-state index contributed by atoms with van der Waals surface area (Å²) < 4.78 is 12.4. The number of hydrazone groups is 1. The van der Waals surface area contributed by atoms with Crippen molar-refractivity contribution in [3.8, 4) is 17.2 Å². The van der Waals surface area contributed by atoms with Crippen LogP contribution in [0.2, 0.25) is 0 Å². The van der Waals surface area contributed by atoms with Gasteiger partial charge in [-0.15, -0.1) is 0 Å². The highest BCUT2D eigenvalue weighted by atomic mass is 16.6. The lowest BCUT2D eigenvalue weighted by atomic mass is 10.2. The van der Waals surface area contributed by atoms with Crippen molar-refractivity contribution in [1.82, 2.24) is 9.99 Å². The number of amides is 1. The summed E-state index contributed by atoms with van der Waals surface area (Å²) in [6.07, 6.45) is 2.42. The molecular formula is C24H26N4O5. The molecule has 33 heavy (non-hydrogen) atoms. The lowest BCUT2D eigenvalue weighted by Crippen LogP contribution is -2.17. The van der Waals surface area contributed by atoms with Gasteiger partial charge in [0.05, 0.1) is 30.9 Å². The highest BCUT2D eigenvalue weighted by molar-refractivity contribution is 5.95. The second kappa shape index (κ2) is 10.4. The maximum Gasteiger partial charge on any atom is 0.296 e. The third-order valence-electron chi connectivity index (χ3n) is 5.05. The van der Waals surface area contributed by atoms with E-state index in [0.29, 0.717) is 29.4 Å². The van der Waals surface area contributed by atoms with Gasteiger partial charge < -0.3 is 14.0 Å². The van der Waals surface area contributed by atoms with Gasteiger partial charge in [-0.2, -0.15) is 5.10 Å². The number of rotatable bonds is 9. The molecule has 3 rings (SSSR count). The van der Waals surface area contributed by atoms with Gasteiger partial charge in [-0.05, 0) is 62.7 Å². The smallest absolute Gasteiger partial charge is 0.296 e. The number of hydrogen-bond acceptors (Lipinski definition) is 6. The Kier molecular flexibility index (Phi) is 7.45. The molecule has 1 amide bonds. The van der Waals surface area contributed by atoms with Crippen LogP contribution < -0.4 is 14.9 Å². The van der Waals surface area contributed by atoms with Crippen molar-refractivity contribution >= 4 is 17.8 Å². The van der Waals surface area contributed by atoms with Crippen molar-refractivity contribution in [1.29, 1.82) is 0 Å². The van der Waals surface area contributed by atoms with Crippen LogP contribution in [0.25, 0.3) is 5.69 Å². The van der Waals surface area contributed by atoms with E-state index in [1.165, 1.54) is 19.4 Å². The molecule has 2 aromatic carbocycles. The molecule has 0 atom stereocenters. The average Bonchev–Trinajstić information content (AvgIpc) is 3.10. The number of benzene rings is 2. The van der Waals surface area contributed by atoms with E-state index < -0.39 is 4.92 Å². The largest absolute Gasteiger partial charge is 0.496 e. The lowest BCUT2D eigenvalue weighted by molar-refractivity contribution is -0.384. The minimum atomic E-state index is -0.441. The number of nitrogens with one attached hydrogen (secondary N) is 1. The number of hydrogen-bond donors (Lipinski definition) is 1. The highest BCUT2D eigenvalue weighted by Gasteiger charge is 2.20. The number of aryl methyl sites for hydroxylation is 1. The molecule has 0 bridgehead atoms. The van der Waals surface area contributed by atoms with Crippen molar-refractivity contribution in [2.24, 2.45) is 5.10 Å². The number of carbonyl (C=O) groups is 1. The Morgan fingerprint density at radius 2 is 1.85 bits per heavy atom. The van der Waals surface area contributed by atoms with Gasteiger partial charge in [0.1, 0.15) is 17.2 Å². The molecule has 1 aromatic heterocycles. The molecule has 1 heterocycles. The van der Waals surface area contributed by atoms with Gasteiger partial charge in [0.2, 0.25) is 0 Å². The van der Waals surface area contributed by atoms with Gasteiger partial charge in [-0.1, -0.05) is 6.92 Å². The quantitative estimate of drug-likeness (QED) is 0.292. The van der Waals surface area contributed by atoms with E-state index in [1.807, 2.05) is 26.8 Å². The molecule has 1 N–H and O–H groups in total. The maximum atomic E-state index is 12.4.